The SMILES string of the molecule is CCCCC1[C@H](N)C[C@@H](F)CN1C(=O)O. The standard InChI is InChI=1S/C10H19FN2O2/c1-2-3-4-9-8(12)5-7(11)6-13(9)10(14)15/h7-9H,2-6,12H2,1H3,(H,14,15)/t7-,8-,9?/m1/s1. The Morgan fingerprint density at radius 3 is 2.87 bits per heavy atom. The minimum Gasteiger partial charge on any atom is -0.465 e. The third kappa shape index (κ3) is 3.06. The van der Waals surface area contributed by atoms with E-state index >= 15 is 0 Å². The van der Waals surface area contributed by atoms with E-state index in [9.17, 15) is 9.18 Å². The third-order valence-corrected chi connectivity index (χ3v) is 2.92. The lowest BCUT2D eigenvalue weighted by Crippen LogP contribution is -2.57. The lowest BCUT2D eigenvalue weighted by Gasteiger charge is -2.39. The van der Waals surface area contributed by atoms with E-state index in [1.165, 1.54) is 0 Å². The van der Waals surface area contributed by atoms with Gasteiger partial charge in [-0.1, -0.05) is 19.8 Å². The topological polar surface area (TPSA) is 66.6 Å². The number of carbonyl (C=O) groups is 1. The van der Waals surface area contributed by atoms with E-state index in [-0.39, 0.29) is 25.0 Å². The van der Waals surface area contributed by atoms with Crippen LogP contribution in [0.1, 0.15) is 32.6 Å². The van der Waals surface area contributed by atoms with Crippen LogP contribution in [0.2, 0.25) is 0 Å². The van der Waals surface area contributed by atoms with Gasteiger partial charge in [-0.05, 0) is 12.8 Å². The monoisotopic (exact) mass is 218 g/mol. The number of hydrogen-bond donors (Lipinski definition) is 2. The molecule has 1 rings (SSSR count). The van der Waals surface area contributed by atoms with Crippen LogP contribution in [0.4, 0.5) is 9.18 Å². The summed E-state index contributed by atoms with van der Waals surface area (Å²) in [7, 11) is 0. The summed E-state index contributed by atoms with van der Waals surface area (Å²) >= 11 is 0. The van der Waals surface area contributed by atoms with Crippen LogP contribution in [0.3, 0.4) is 0 Å². The van der Waals surface area contributed by atoms with E-state index in [0.717, 1.165) is 24.2 Å². The van der Waals surface area contributed by atoms with Crippen molar-refractivity contribution in [2.75, 3.05) is 6.54 Å². The number of piperidine rings is 1. The van der Waals surface area contributed by atoms with Gasteiger partial charge < -0.3 is 15.7 Å². The van der Waals surface area contributed by atoms with Crippen LogP contribution in [0.5, 0.6) is 0 Å². The van der Waals surface area contributed by atoms with Crippen LogP contribution in [0, 0.1) is 0 Å². The Kier molecular flexibility index (Phi) is 4.32. The minimum atomic E-state index is -1.12. The number of unbranched alkanes of at least 4 members (excludes halogenated alkanes) is 1. The molecule has 0 saturated carbocycles. The summed E-state index contributed by atoms with van der Waals surface area (Å²) in [4.78, 5) is 12.1. The van der Waals surface area contributed by atoms with Gasteiger partial charge in [0.1, 0.15) is 6.17 Å². The Hall–Kier alpha value is -0.840. The van der Waals surface area contributed by atoms with Crippen molar-refractivity contribution in [3.05, 3.63) is 0 Å². The van der Waals surface area contributed by atoms with Gasteiger partial charge in [-0.3, -0.25) is 0 Å². The maximum Gasteiger partial charge on any atom is 0.407 e. The van der Waals surface area contributed by atoms with E-state index in [1.807, 2.05) is 6.92 Å². The molecule has 0 spiro atoms. The number of rotatable bonds is 3. The van der Waals surface area contributed by atoms with Gasteiger partial charge in [0.05, 0.1) is 12.6 Å². The lowest BCUT2D eigenvalue weighted by atomic mass is 9.92. The van der Waals surface area contributed by atoms with Crippen molar-refractivity contribution in [3.8, 4) is 0 Å². The van der Waals surface area contributed by atoms with Gasteiger partial charge in [0.2, 0.25) is 0 Å². The molecule has 1 fully saturated rings. The number of halogens is 1. The predicted molar refractivity (Wildman–Crippen MR) is 55.5 cm³/mol. The zero-order valence-corrected chi connectivity index (χ0v) is 9.03. The molecular formula is C10H19FN2O2. The summed E-state index contributed by atoms with van der Waals surface area (Å²) < 4.78 is 13.2. The number of carboxylic acid groups (broad SMARTS) is 1. The van der Waals surface area contributed by atoms with Crippen LogP contribution < -0.4 is 5.73 Å². The molecule has 1 saturated heterocycles. The smallest absolute Gasteiger partial charge is 0.407 e. The summed E-state index contributed by atoms with van der Waals surface area (Å²) in [6.45, 7) is 2.01. The molecule has 0 aromatic carbocycles. The van der Waals surface area contributed by atoms with Crippen LogP contribution in [0.15, 0.2) is 0 Å². The number of likely N-dealkylation sites (tertiary alicyclic amines) is 1. The minimum absolute atomic E-state index is 0.0303. The fourth-order valence-electron chi connectivity index (χ4n) is 2.11. The first kappa shape index (κ1) is 12.2. The molecular weight excluding hydrogens is 199 g/mol. The maximum absolute atomic E-state index is 13.2. The number of hydrogen-bond acceptors (Lipinski definition) is 2. The average Bonchev–Trinajstić information content (AvgIpc) is 2.15. The molecule has 0 bridgehead atoms. The van der Waals surface area contributed by atoms with Crippen molar-refractivity contribution in [1.82, 2.24) is 4.90 Å². The van der Waals surface area contributed by atoms with E-state index in [1.54, 1.807) is 0 Å². The van der Waals surface area contributed by atoms with Gasteiger partial charge in [-0.2, -0.15) is 0 Å². The Morgan fingerprint density at radius 2 is 2.33 bits per heavy atom. The normalized spacial score (nSPS) is 31.7. The second-order valence-corrected chi connectivity index (χ2v) is 4.14. The highest BCUT2D eigenvalue weighted by Crippen LogP contribution is 2.22. The molecule has 1 heterocycles. The lowest BCUT2D eigenvalue weighted by molar-refractivity contribution is 0.0583. The Morgan fingerprint density at radius 1 is 1.67 bits per heavy atom. The first-order chi connectivity index (χ1) is 7.06. The fraction of sp³-hybridized carbons (Fsp3) is 0.900. The van der Waals surface area contributed by atoms with Gasteiger partial charge >= 0.3 is 6.09 Å². The molecule has 0 aromatic heterocycles. The van der Waals surface area contributed by atoms with E-state index in [2.05, 4.69) is 0 Å². The largest absolute Gasteiger partial charge is 0.465 e. The van der Waals surface area contributed by atoms with Crippen molar-refractivity contribution in [3.63, 3.8) is 0 Å². The Labute approximate surface area is 89.2 Å². The highest BCUT2D eigenvalue weighted by molar-refractivity contribution is 5.65. The van der Waals surface area contributed by atoms with Crippen molar-refractivity contribution in [2.45, 2.75) is 50.9 Å². The van der Waals surface area contributed by atoms with Crippen LogP contribution in [-0.4, -0.2) is 40.9 Å². The van der Waals surface area contributed by atoms with Gasteiger partial charge in [-0.15, -0.1) is 0 Å². The van der Waals surface area contributed by atoms with Crippen LogP contribution in [0.25, 0.3) is 0 Å². The van der Waals surface area contributed by atoms with Crippen molar-refractivity contribution in [2.24, 2.45) is 5.73 Å². The quantitative estimate of drug-likeness (QED) is 0.756. The molecule has 0 radical (unpaired) electrons. The second-order valence-electron chi connectivity index (χ2n) is 4.14. The molecule has 88 valence electrons. The molecule has 1 aliphatic heterocycles. The van der Waals surface area contributed by atoms with Crippen LogP contribution >= 0.6 is 0 Å². The molecule has 0 aromatic rings. The molecule has 4 nitrogen and oxygen atoms in total. The zero-order valence-electron chi connectivity index (χ0n) is 9.03. The van der Waals surface area contributed by atoms with Gasteiger partial charge in [0.15, 0.2) is 0 Å². The van der Waals surface area contributed by atoms with E-state index in [4.69, 9.17) is 10.8 Å². The average molecular weight is 218 g/mol. The molecule has 3 atom stereocenters. The summed E-state index contributed by atoms with van der Waals surface area (Å²) in [5.74, 6) is 0. The summed E-state index contributed by atoms with van der Waals surface area (Å²) in [6, 6.07) is -0.578. The summed E-state index contributed by atoms with van der Waals surface area (Å²) in [6.07, 6.45) is 0.756. The molecule has 3 N–H and O–H groups in total. The Balaban J connectivity index is 2.64. The number of amides is 1. The van der Waals surface area contributed by atoms with Crippen molar-refractivity contribution < 1.29 is 14.3 Å². The predicted octanol–water partition coefficient (Wildman–Crippen LogP) is 1.59. The second kappa shape index (κ2) is 5.30. The first-order valence-corrected chi connectivity index (χ1v) is 5.45. The van der Waals surface area contributed by atoms with Gasteiger partial charge in [0.25, 0.3) is 0 Å². The fourth-order valence-corrected chi connectivity index (χ4v) is 2.11. The molecule has 5 heteroatoms. The Bertz CT molecular complexity index is 225. The van der Waals surface area contributed by atoms with Crippen molar-refractivity contribution >= 4 is 6.09 Å². The number of alkyl halides is 1. The molecule has 1 amide bonds. The zero-order chi connectivity index (χ0) is 11.4. The number of nitrogens with two attached hydrogens (primary N) is 1. The highest BCUT2D eigenvalue weighted by Gasteiger charge is 2.36. The first-order valence-electron chi connectivity index (χ1n) is 5.45. The highest BCUT2D eigenvalue weighted by atomic mass is 19.1. The molecule has 1 unspecified atom stereocenters. The van der Waals surface area contributed by atoms with E-state index < -0.39 is 12.3 Å². The maximum atomic E-state index is 13.2. The number of nitrogens with zero attached hydrogens (tertiary/aromatic N) is 1. The molecule has 1 aliphatic rings. The summed E-state index contributed by atoms with van der Waals surface area (Å²) in [5.41, 5.74) is 5.79. The van der Waals surface area contributed by atoms with E-state index in [0.29, 0.717) is 0 Å². The molecule has 15 heavy (non-hydrogen) atoms. The van der Waals surface area contributed by atoms with Crippen LogP contribution in [-0.2, 0) is 0 Å². The van der Waals surface area contributed by atoms with Gasteiger partial charge in [-0.25, -0.2) is 9.18 Å². The summed E-state index contributed by atoms with van der Waals surface area (Å²) in [5, 5.41) is 8.95. The third-order valence-electron chi connectivity index (χ3n) is 2.92. The van der Waals surface area contributed by atoms with Crippen molar-refractivity contribution in [1.29, 1.82) is 0 Å². The van der Waals surface area contributed by atoms with Gasteiger partial charge in [0, 0.05) is 6.04 Å². The molecule has 0 aliphatic carbocycles.